The minimum atomic E-state index is -0.261. The van der Waals surface area contributed by atoms with Gasteiger partial charge in [-0.1, -0.05) is 13.3 Å². The van der Waals surface area contributed by atoms with Crippen molar-refractivity contribution in [2.75, 3.05) is 31.6 Å². The Bertz CT molecular complexity index is 573. The van der Waals surface area contributed by atoms with E-state index in [0.717, 1.165) is 25.7 Å². The summed E-state index contributed by atoms with van der Waals surface area (Å²) in [5.74, 6) is 0.258. The highest BCUT2D eigenvalue weighted by Crippen LogP contribution is 2.15. The fraction of sp³-hybridized carbons (Fsp3) is 0.647. The fourth-order valence-electron chi connectivity index (χ4n) is 2.63. The zero-order valence-corrected chi connectivity index (χ0v) is 15.0. The average Bonchev–Trinajstić information content (AvgIpc) is 2.63. The normalized spacial score (nSPS) is 14.9. The van der Waals surface area contributed by atoms with Gasteiger partial charge in [-0.2, -0.15) is 0 Å². The summed E-state index contributed by atoms with van der Waals surface area (Å²) in [6.07, 6.45) is 4.87. The highest BCUT2D eigenvalue weighted by atomic mass is 16.6. The lowest BCUT2D eigenvalue weighted by molar-refractivity contribution is 0.0945. The lowest BCUT2D eigenvalue weighted by Crippen LogP contribution is -2.42. The number of ether oxygens (including phenoxy) is 1. The minimum absolute atomic E-state index is 0.170. The van der Waals surface area contributed by atoms with Crippen molar-refractivity contribution in [3.63, 3.8) is 0 Å². The lowest BCUT2D eigenvalue weighted by atomic mass is 10.1. The van der Waals surface area contributed by atoms with Crippen molar-refractivity contribution >= 4 is 17.9 Å². The Morgan fingerprint density at radius 2 is 2.08 bits per heavy atom. The lowest BCUT2D eigenvalue weighted by Gasteiger charge is -2.31. The highest BCUT2D eigenvalue weighted by Gasteiger charge is 2.24. The zero-order chi connectivity index (χ0) is 18.1. The topological polar surface area (TPSA) is 96.5 Å². The molecule has 1 aliphatic rings. The molecule has 0 radical (unpaired) electrons. The van der Waals surface area contributed by atoms with Gasteiger partial charge in [-0.25, -0.2) is 14.8 Å². The third-order valence-corrected chi connectivity index (χ3v) is 4.06. The molecule has 1 fully saturated rings. The molecular weight excluding hydrogens is 322 g/mol. The van der Waals surface area contributed by atoms with Crippen molar-refractivity contribution in [1.82, 2.24) is 20.2 Å². The third kappa shape index (κ3) is 5.88. The number of nitrogens with zero attached hydrogens (tertiary/aromatic N) is 3. The summed E-state index contributed by atoms with van der Waals surface area (Å²) in [5, 5.41) is 6.10. The molecule has 0 atom stereocenters. The van der Waals surface area contributed by atoms with Crippen LogP contribution in [0.25, 0.3) is 0 Å². The second-order valence-electron chi connectivity index (χ2n) is 5.98. The van der Waals surface area contributed by atoms with Gasteiger partial charge >= 0.3 is 6.09 Å². The summed E-state index contributed by atoms with van der Waals surface area (Å²) in [4.78, 5) is 33.9. The van der Waals surface area contributed by atoms with Gasteiger partial charge in [-0.15, -0.1) is 0 Å². The fourth-order valence-corrected chi connectivity index (χ4v) is 2.63. The van der Waals surface area contributed by atoms with Gasteiger partial charge in [0, 0.05) is 31.9 Å². The Morgan fingerprint density at radius 1 is 1.32 bits per heavy atom. The van der Waals surface area contributed by atoms with E-state index in [4.69, 9.17) is 4.74 Å². The standard InChI is InChI=1S/C17H27N5O3/c1-3-5-9-18-15(23)14-6-10-19-16(21-14)20-13-7-11-22(12-8-13)17(24)25-4-2/h6,10,13H,3-5,7-9,11-12H2,1-2H3,(H,18,23)(H,19,20,21). The molecule has 0 spiro atoms. The van der Waals surface area contributed by atoms with Crippen LogP contribution in [0.15, 0.2) is 12.3 Å². The highest BCUT2D eigenvalue weighted by molar-refractivity contribution is 5.92. The largest absolute Gasteiger partial charge is 0.450 e. The molecule has 0 bridgehead atoms. The van der Waals surface area contributed by atoms with Crippen molar-refractivity contribution in [3.8, 4) is 0 Å². The van der Waals surface area contributed by atoms with E-state index in [9.17, 15) is 9.59 Å². The molecule has 0 unspecified atom stereocenters. The predicted molar refractivity (Wildman–Crippen MR) is 94.5 cm³/mol. The van der Waals surface area contributed by atoms with E-state index < -0.39 is 0 Å². The minimum Gasteiger partial charge on any atom is -0.450 e. The second-order valence-corrected chi connectivity index (χ2v) is 5.98. The number of carbonyl (C=O) groups is 2. The summed E-state index contributed by atoms with van der Waals surface area (Å²) in [7, 11) is 0. The Morgan fingerprint density at radius 3 is 2.76 bits per heavy atom. The van der Waals surface area contributed by atoms with Crippen LogP contribution in [0.4, 0.5) is 10.7 Å². The number of rotatable bonds is 7. The Kier molecular flexibility index (Phi) is 7.43. The van der Waals surface area contributed by atoms with E-state index in [2.05, 4.69) is 27.5 Å². The number of piperidine rings is 1. The quantitative estimate of drug-likeness (QED) is 0.731. The number of likely N-dealkylation sites (tertiary alicyclic amines) is 1. The van der Waals surface area contributed by atoms with E-state index >= 15 is 0 Å². The molecule has 2 amide bonds. The van der Waals surface area contributed by atoms with Gasteiger partial charge in [0.05, 0.1) is 6.61 Å². The maximum absolute atomic E-state index is 12.1. The van der Waals surface area contributed by atoms with Crippen molar-refractivity contribution in [3.05, 3.63) is 18.0 Å². The zero-order valence-electron chi connectivity index (χ0n) is 15.0. The number of nitrogens with one attached hydrogen (secondary N) is 2. The smallest absolute Gasteiger partial charge is 0.409 e. The van der Waals surface area contributed by atoms with Crippen LogP contribution < -0.4 is 10.6 Å². The van der Waals surface area contributed by atoms with E-state index in [1.54, 1.807) is 24.1 Å². The SMILES string of the molecule is CCCCNC(=O)c1ccnc(NC2CCN(C(=O)OCC)CC2)n1. The molecule has 1 aliphatic heterocycles. The molecule has 138 valence electrons. The van der Waals surface area contributed by atoms with E-state index in [1.165, 1.54) is 0 Å². The van der Waals surface area contributed by atoms with Gasteiger partial charge in [-0.05, 0) is 32.3 Å². The van der Waals surface area contributed by atoms with Crippen molar-refractivity contribution in [1.29, 1.82) is 0 Å². The van der Waals surface area contributed by atoms with Crippen LogP contribution in [0.2, 0.25) is 0 Å². The first-order valence-corrected chi connectivity index (χ1v) is 8.93. The van der Waals surface area contributed by atoms with Crippen LogP contribution in [-0.2, 0) is 4.74 Å². The number of hydrogen-bond acceptors (Lipinski definition) is 6. The third-order valence-electron chi connectivity index (χ3n) is 4.06. The monoisotopic (exact) mass is 349 g/mol. The molecule has 0 aromatic carbocycles. The first-order chi connectivity index (χ1) is 12.1. The molecule has 2 N–H and O–H groups in total. The molecule has 25 heavy (non-hydrogen) atoms. The van der Waals surface area contributed by atoms with Crippen LogP contribution in [0.3, 0.4) is 0 Å². The molecule has 0 saturated carbocycles. The molecule has 1 saturated heterocycles. The van der Waals surface area contributed by atoms with Crippen LogP contribution in [0, 0.1) is 0 Å². The number of anilines is 1. The summed E-state index contributed by atoms with van der Waals surface area (Å²) in [6.45, 7) is 6.18. The van der Waals surface area contributed by atoms with Crippen LogP contribution in [-0.4, -0.2) is 59.2 Å². The Balaban J connectivity index is 1.84. The number of aromatic nitrogens is 2. The molecule has 2 rings (SSSR count). The summed E-state index contributed by atoms with van der Waals surface area (Å²) in [6, 6.07) is 1.78. The second kappa shape index (κ2) is 9.80. The molecule has 1 aromatic heterocycles. The molecular formula is C17H27N5O3. The van der Waals surface area contributed by atoms with Crippen molar-refractivity contribution in [2.45, 2.75) is 45.6 Å². The van der Waals surface area contributed by atoms with Gasteiger partial charge in [0.2, 0.25) is 5.95 Å². The number of amides is 2. The van der Waals surface area contributed by atoms with E-state index in [1.807, 2.05) is 0 Å². The summed E-state index contributed by atoms with van der Waals surface area (Å²) >= 11 is 0. The predicted octanol–water partition coefficient (Wildman–Crippen LogP) is 2.04. The Hall–Kier alpha value is -2.38. The molecule has 1 aromatic rings. The molecule has 0 aliphatic carbocycles. The molecule has 8 nitrogen and oxygen atoms in total. The summed E-state index contributed by atoms with van der Waals surface area (Å²) < 4.78 is 5.01. The van der Waals surface area contributed by atoms with Crippen LogP contribution >= 0.6 is 0 Å². The first-order valence-electron chi connectivity index (χ1n) is 8.93. The maximum atomic E-state index is 12.1. The van der Waals surface area contributed by atoms with Gasteiger partial charge in [0.15, 0.2) is 0 Å². The van der Waals surface area contributed by atoms with Crippen LogP contribution in [0.5, 0.6) is 0 Å². The maximum Gasteiger partial charge on any atom is 0.409 e. The van der Waals surface area contributed by atoms with E-state index in [-0.39, 0.29) is 18.0 Å². The van der Waals surface area contributed by atoms with Gasteiger partial charge in [0.25, 0.3) is 5.91 Å². The first kappa shape index (κ1) is 19.0. The summed E-state index contributed by atoms with van der Waals surface area (Å²) in [5.41, 5.74) is 0.359. The van der Waals surface area contributed by atoms with Gasteiger partial charge in [-0.3, -0.25) is 4.79 Å². The van der Waals surface area contributed by atoms with Crippen molar-refractivity contribution in [2.24, 2.45) is 0 Å². The molecule has 2 heterocycles. The molecule has 8 heteroatoms. The Labute approximate surface area is 148 Å². The van der Waals surface area contributed by atoms with Crippen molar-refractivity contribution < 1.29 is 14.3 Å². The number of carbonyl (C=O) groups excluding carboxylic acids is 2. The van der Waals surface area contributed by atoms with Crippen LogP contribution in [0.1, 0.15) is 50.0 Å². The number of hydrogen-bond donors (Lipinski definition) is 2. The van der Waals surface area contributed by atoms with E-state index in [0.29, 0.717) is 37.9 Å². The van der Waals surface area contributed by atoms with Gasteiger partial charge in [0.1, 0.15) is 5.69 Å². The number of unbranched alkanes of at least 4 members (excludes halogenated alkanes) is 1. The average molecular weight is 349 g/mol. The van der Waals surface area contributed by atoms with Gasteiger partial charge < -0.3 is 20.3 Å².